The number of unbranched alkanes of at least 4 members (excludes halogenated alkanes) is 11. The molecular weight excluding hydrogens is 352 g/mol. The van der Waals surface area contributed by atoms with E-state index >= 15 is 0 Å². The zero-order chi connectivity index (χ0) is 20.9. The lowest BCUT2D eigenvalue weighted by Crippen LogP contribution is -2.14. The van der Waals surface area contributed by atoms with Crippen LogP contribution in [0, 0.1) is 5.92 Å². The Morgan fingerprint density at radius 2 is 1.14 bits per heavy atom. The van der Waals surface area contributed by atoms with Crippen LogP contribution in [0.5, 0.6) is 0 Å². The van der Waals surface area contributed by atoms with Gasteiger partial charge in [-0.1, -0.05) is 90.9 Å². The quantitative estimate of drug-likeness (QED) is 0.163. The van der Waals surface area contributed by atoms with Gasteiger partial charge in [0.15, 0.2) is 0 Å². The Kier molecular flexibility index (Phi) is 19.9. The number of carbonyl (C=O) groups excluding carboxylic acids is 1. The number of ether oxygens (including phenoxy) is 1. The third-order valence-corrected chi connectivity index (χ3v) is 5.43. The first-order valence-electron chi connectivity index (χ1n) is 12.0. The van der Waals surface area contributed by atoms with Gasteiger partial charge >= 0.3 is 11.9 Å². The number of aliphatic carboxylic acids is 1. The van der Waals surface area contributed by atoms with E-state index in [9.17, 15) is 9.59 Å². The van der Waals surface area contributed by atoms with Gasteiger partial charge in [-0.3, -0.25) is 9.59 Å². The summed E-state index contributed by atoms with van der Waals surface area (Å²) in [6, 6.07) is 0. The number of carbonyl (C=O) groups is 2. The van der Waals surface area contributed by atoms with E-state index in [1.807, 2.05) is 0 Å². The zero-order valence-electron chi connectivity index (χ0n) is 18.7. The minimum Gasteiger partial charge on any atom is -0.481 e. The molecule has 0 amide bonds. The summed E-state index contributed by atoms with van der Waals surface area (Å²) in [6.45, 7) is 5.02. The van der Waals surface area contributed by atoms with Crippen molar-refractivity contribution >= 4 is 11.9 Å². The van der Waals surface area contributed by atoms with Crippen LogP contribution in [-0.4, -0.2) is 23.7 Å². The third kappa shape index (κ3) is 19.7. The van der Waals surface area contributed by atoms with Crippen molar-refractivity contribution in [1.29, 1.82) is 0 Å². The van der Waals surface area contributed by atoms with E-state index < -0.39 is 5.97 Å². The lowest BCUT2D eigenvalue weighted by molar-refractivity contribution is -0.145. The Balaban J connectivity index is 3.94. The first-order chi connectivity index (χ1) is 13.6. The molecule has 0 bridgehead atoms. The van der Waals surface area contributed by atoms with Gasteiger partial charge in [0, 0.05) is 12.8 Å². The molecule has 0 aliphatic rings. The van der Waals surface area contributed by atoms with E-state index in [4.69, 9.17) is 9.84 Å². The smallest absolute Gasteiger partial charge is 0.305 e. The summed E-state index contributed by atoms with van der Waals surface area (Å²) in [6.07, 6.45) is 19.6. The van der Waals surface area contributed by atoms with Gasteiger partial charge in [-0.15, -0.1) is 0 Å². The minimum atomic E-state index is -0.800. The summed E-state index contributed by atoms with van der Waals surface area (Å²) in [7, 11) is 0. The molecule has 4 nitrogen and oxygen atoms in total. The molecule has 1 N–H and O–H groups in total. The second-order valence-electron chi connectivity index (χ2n) is 8.26. The molecule has 1 unspecified atom stereocenters. The van der Waals surface area contributed by atoms with Crippen LogP contribution in [0.4, 0.5) is 0 Å². The molecule has 0 aliphatic heterocycles. The molecule has 166 valence electrons. The Morgan fingerprint density at radius 1 is 0.679 bits per heavy atom. The summed E-state index contributed by atoms with van der Waals surface area (Å²) in [5.74, 6) is -0.481. The normalized spacial score (nSPS) is 12.1. The van der Waals surface area contributed by atoms with E-state index in [-0.39, 0.29) is 12.4 Å². The fourth-order valence-electron chi connectivity index (χ4n) is 3.57. The summed E-state index contributed by atoms with van der Waals surface area (Å²) in [5, 5.41) is 8.63. The van der Waals surface area contributed by atoms with Crippen LogP contribution < -0.4 is 0 Å². The lowest BCUT2D eigenvalue weighted by atomic mass is 9.95. The highest BCUT2D eigenvalue weighted by Crippen LogP contribution is 2.20. The molecule has 0 aliphatic carbocycles. The highest BCUT2D eigenvalue weighted by molar-refractivity contribution is 5.69. The molecule has 0 saturated carbocycles. The molecule has 0 fully saturated rings. The fraction of sp³-hybridized carbons (Fsp3) is 0.917. The second kappa shape index (κ2) is 20.7. The largest absolute Gasteiger partial charge is 0.481 e. The van der Waals surface area contributed by atoms with Gasteiger partial charge in [0.05, 0.1) is 6.61 Å². The molecule has 0 aromatic heterocycles. The van der Waals surface area contributed by atoms with Crippen LogP contribution in [0.3, 0.4) is 0 Å². The average Bonchev–Trinajstić information content (AvgIpc) is 2.67. The molecular formula is C24H46O4. The van der Waals surface area contributed by atoms with E-state index in [2.05, 4.69) is 13.8 Å². The number of hydrogen-bond acceptors (Lipinski definition) is 3. The predicted octanol–water partition coefficient (Wildman–Crippen LogP) is 7.29. The Morgan fingerprint density at radius 3 is 1.68 bits per heavy atom. The molecule has 0 saturated heterocycles. The van der Waals surface area contributed by atoms with Crippen molar-refractivity contribution in [2.24, 2.45) is 5.92 Å². The van der Waals surface area contributed by atoms with Crippen LogP contribution >= 0.6 is 0 Å². The maximum atomic E-state index is 11.9. The van der Waals surface area contributed by atoms with Crippen molar-refractivity contribution < 1.29 is 19.4 Å². The van der Waals surface area contributed by atoms with Crippen LogP contribution in [0.15, 0.2) is 0 Å². The molecule has 0 aromatic rings. The van der Waals surface area contributed by atoms with Crippen molar-refractivity contribution in [2.45, 2.75) is 129 Å². The SMILES string of the molecule is CCCCCCCCCCC(CCCCCC)COC(=O)CCCCC(=O)O. The topological polar surface area (TPSA) is 63.6 Å². The molecule has 0 aromatic carbocycles. The number of carboxylic acids is 1. The van der Waals surface area contributed by atoms with Crippen molar-refractivity contribution in [3.8, 4) is 0 Å². The van der Waals surface area contributed by atoms with Gasteiger partial charge in [-0.25, -0.2) is 0 Å². The van der Waals surface area contributed by atoms with Gasteiger partial charge in [0.25, 0.3) is 0 Å². The van der Waals surface area contributed by atoms with E-state index in [0.717, 1.165) is 12.8 Å². The second-order valence-corrected chi connectivity index (χ2v) is 8.26. The maximum absolute atomic E-state index is 11.9. The predicted molar refractivity (Wildman–Crippen MR) is 117 cm³/mol. The fourth-order valence-corrected chi connectivity index (χ4v) is 3.57. The summed E-state index contributed by atoms with van der Waals surface area (Å²) in [4.78, 5) is 22.4. The van der Waals surface area contributed by atoms with Crippen LogP contribution in [0.2, 0.25) is 0 Å². The minimum absolute atomic E-state index is 0.131. The molecule has 0 heterocycles. The number of carboxylic acid groups (broad SMARTS) is 1. The van der Waals surface area contributed by atoms with Crippen LogP contribution in [-0.2, 0) is 14.3 Å². The maximum Gasteiger partial charge on any atom is 0.305 e. The number of esters is 1. The molecule has 28 heavy (non-hydrogen) atoms. The highest BCUT2D eigenvalue weighted by atomic mass is 16.5. The van der Waals surface area contributed by atoms with Crippen molar-refractivity contribution in [2.75, 3.05) is 6.61 Å². The van der Waals surface area contributed by atoms with E-state index in [1.54, 1.807) is 0 Å². The lowest BCUT2D eigenvalue weighted by Gasteiger charge is -2.17. The van der Waals surface area contributed by atoms with Gasteiger partial charge < -0.3 is 9.84 Å². The Bertz CT molecular complexity index is 368. The van der Waals surface area contributed by atoms with Crippen LogP contribution in [0.1, 0.15) is 129 Å². The summed E-state index contributed by atoms with van der Waals surface area (Å²) >= 11 is 0. The molecule has 0 spiro atoms. The van der Waals surface area contributed by atoms with Gasteiger partial charge in [0.2, 0.25) is 0 Å². The van der Waals surface area contributed by atoms with Crippen LogP contribution in [0.25, 0.3) is 0 Å². The van der Waals surface area contributed by atoms with Gasteiger partial charge in [-0.2, -0.15) is 0 Å². The first kappa shape index (κ1) is 26.9. The average molecular weight is 399 g/mol. The van der Waals surface area contributed by atoms with Crippen molar-refractivity contribution in [1.82, 2.24) is 0 Å². The zero-order valence-corrected chi connectivity index (χ0v) is 18.7. The Hall–Kier alpha value is -1.06. The van der Waals surface area contributed by atoms with Crippen molar-refractivity contribution in [3.63, 3.8) is 0 Å². The Labute approximate surface area is 173 Å². The van der Waals surface area contributed by atoms with Gasteiger partial charge in [-0.05, 0) is 31.6 Å². The first-order valence-corrected chi connectivity index (χ1v) is 12.0. The summed E-state index contributed by atoms with van der Waals surface area (Å²) < 4.78 is 5.50. The van der Waals surface area contributed by atoms with Gasteiger partial charge in [0.1, 0.15) is 0 Å². The molecule has 0 rings (SSSR count). The van der Waals surface area contributed by atoms with E-state index in [0.29, 0.717) is 31.8 Å². The monoisotopic (exact) mass is 398 g/mol. The molecule has 1 atom stereocenters. The van der Waals surface area contributed by atoms with E-state index in [1.165, 1.54) is 77.0 Å². The van der Waals surface area contributed by atoms with Crippen molar-refractivity contribution in [3.05, 3.63) is 0 Å². The summed E-state index contributed by atoms with van der Waals surface area (Å²) in [5.41, 5.74) is 0. The highest BCUT2D eigenvalue weighted by Gasteiger charge is 2.12. The third-order valence-electron chi connectivity index (χ3n) is 5.43. The number of hydrogen-bond donors (Lipinski definition) is 1. The molecule has 4 heteroatoms. The molecule has 0 radical (unpaired) electrons. The standard InChI is InChI=1S/C24H46O4/c1-3-5-7-9-10-11-12-14-18-22(17-13-8-6-4-2)21-28-24(27)20-16-15-19-23(25)26/h22H,3-21H2,1-2H3,(H,25,26). The number of rotatable bonds is 21.